The van der Waals surface area contributed by atoms with Crippen molar-refractivity contribution in [1.29, 1.82) is 0 Å². The van der Waals surface area contributed by atoms with Crippen molar-refractivity contribution in [3.63, 3.8) is 0 Å². The zero-order valence-corrected chi connectivity index (χ0v) is 9.90. The molecule has 0 fully saturated rings. The third-order valence-electron chi connectivity index (χ3n) is 2.53. The summed E-state index contributed by atoms with van der Waals surface area (Å²) in [6, 6.07) is 9.52. The number of oxazole rings is 1. The molecule has 17 heavy (non-hydrogen) atoms. The zero-order valence-electron chi connectivity index (χ0n) is 9.14. The fourth-order valence-corrected chi connectivity index (χ4v) is 1.90. The van der Waals surface area contributed by atoms with Gasteiger partial charge in [0.25, 0.3) is 0 Å². The molecule has 0 radical (unpaired) electrons. The van der Waals surface area contributed by atoms with Crippen molar-refractivity contribution < 1.29 is 4.42 Å². The second-order valence-electron chi connectivity index (χ2n) is 3.83. The van der Waals surface area contributed by atoms with Crippen LogP contribution in [0.2, 0.25) is 5.15 Å². The van der Waals surface area contributed by atoms with Crippen molar-refractivity contribution in [2.45, 2.75) is 6.92 Å². The first-order chi connectivity index (χ1) is 8.24. The molecule has 1 aromatic carbocycles. The first-order valence-corrected chi connectivity index (χ1v) is 5.60. The van der Waals surface area contributed by atoms with Crippen LogP contribution in [0.15, 0.2) is 40.9 Å². The number of pyridine rings is 1. The molecule has 2 heterocycles. The molecule has 0 unspecified atom stereocenters. The highest BCUT2D eigenvalue weighted by atomic mass is 35.5. The van der Waals surface area contributed by atoms with Crippen LogP contribution in [0.4, 0.5) is 0 Å². The summed E-state index contributed by atoms with van der Waals surface area (Å²) >= 11 is 6.01. The lowest BCUT2D eigenvalue weighted by atomic mass is 10.2. The minimum Gasteiger partial charge on any atom is -0.436 e. The molecule has 2 aromatic heterocycles. The summed E-state index contributed by atoms with van der Waals surface area (Å²) < 4.78 is 5.65. The van der Waals surface area contributed by atoms with Crippen LogP contribution in [0.5, 0.6) is 0 Å². The van der Waals surface area contributed by atoms with Gasteiger partial charge in [0, 0.05) is 6.20 Å². The average molecular weight is 245 g/mol. The molecule has 4 heteroatoms. The van der Waals surface area contributed by atoms with Crippen molar-refractivity contribution >= 4 is 22.7 Å². The molecule has 0 N–H and O–H groups in total. The number of hydrogen-bond acceptors (Lipinski definition) is 3. The van der Waals surface area contributed by atoms with Gasteiger partial charge in [-0.25, -0.2) is 9.97 Å². The number of nitrogens with zero attached hydrogens (tertiary/aromatic N) is 2. The maximum Gasteiger partial charge on any atom is 0.230 e. The highest BCUT2D eigenvalue weighted by molar-refractivity contribution is 6.31. The van der Waals surface area contributed by atoms with Crippen LogP contribution in [0.25, 0.3) is 22.6 Å². The normalized spacial score (nSPS) is 10.9. The number of aryl methyl sites for hydroxylation is 1. The topological polar surface area (TPSA) is 38.9 Å². The average Bonchev–Trinajstić information content (AvgIpc) is 2.72. The van der Waals surface area contributed by atoms with Gasteiger partial charge in [0.15, 0.2) is 5.58 Å². The summed E-state index contributed by atoms with van der Waals surface area (Å²) in [5, 5.41) is 0.399. The zero-order chi connectivity index (χ0) is 11.8. The van der Waals surface area contributed by atoms with Gasteiger partial charge in [0.05, 0.1) is 5.56 Å². The van der Waals surface area contributed by atoms with Crippen molar-refractivity contribution in [1.82, 2.24) is 9.97 Å². The van der Waals surface area contributed by atoms with Crippen LogP contribution in [-0.2, 0) is 0 Å². The summed E-state index contributed by atoms with van der Waals surface area (Å²) in [4.78, 5) is 8.42. The van der Waals surface area contributed by atoms with Crippen LogP contribution in [-0.4, -0.2) is 9.97 Å². The van der Waals surface area contributed by atoms with E-state index in [9.17, 15) is 0 Å². The van der Waals surface area contributed by atoms with Gasteiger partial charge in [0.2, 0.25) is 5.89 Å². The molecule has 0 bridgehead atoms. The number of rotatable bonds is 1. The summed E-state index contributed by atoms with van der Waals surface area (Å²) in [5.41, 5.74) is 3.45. The van der Waals surface area contributed by atoms with Gasteiger partial charge < -0.3 is 4.42 Å². The summed E-state index contributed by atoms with van der Waals surface area (Å²) in [6.07, 6.45) is 1.64. The molecule has 0 atom stereocenters. The van der Waals surface area contributed by atoms with E-state index in [1.807, 2.05) is 31.2 Å². The quantitative estimate of drug-likeness (QED) is 0.611. The summed E-state index contributed by atoms with van der Waals surface area (Å²) in [7, 11) is 0. The molecule has 0 saturated carbocycles. The van der Waals surface area contributed by atoms with Crippen LogP contribution < -0.4 is 0 Å². The molecule has 3 rings (SSSR count). The van der Waals surface area contributed by atoms with E-state index in [4.69, 9.17) is 16.0 Å². The molecule has 0 saturated heterocycles. The lowest BCUT2D eigenvalue weighted by molar-refractivity contribution is 0.619. The third kappa shape index (κ3) is 1.78. The Kier molecular flexibility index (Phi) is 2.34. The van der Waals surface area contributed by atoms with E-state index in [-0.39, 0.29) is 0 Å². The van der Waals surface area contributed by atoms with E-state index in [1.54, 1.807) is 12.3 Å². The van der Waals surface area contributed by atoms with Crippen LogP contribution in [0.3, 0.4) is 0 Å². The number of aromatic nitrogens is 2. The minimum atomic E-state index is 0.399. The van der Waals surface area contributed by atoms with Crippen molar-refractivity contribution in [3.8, 4) is 11.5 Å². The van der Waals surface area contributed by atoms with Gasteiger partial charge in [0.1, 0.15) is 10.7 Å². The fraction of sp³-hybridized carbons (Fsp3) is 0.0769. The smallest absolute Gasteiger partial charge is 0.230 e. The number of fused-ring (bicyclic) bond motifs is 1. The van der Waals surface area contributed by atoms with Gasteiger partial charge in [-0.1, -0.05) is 17.7 Å². The predicted molar refractivity (Wildman–Crippen MR) is 67.0 cm³/mol. The van der Waals surface area contributed by atoms with Gasteiger partial charge in [-0.2, -0.15) is 0 Å². The number of benzene rings is 1. The first kappa shape index (κ1) is 10.3. The maximum atomic E-state index is 6.01. The third-order valence-corrected chi connectivity index (χ3v) is 2.83. The van der Waals surface area contributed by atoms with Crippen molar-refractivity contribution in [3.05, 3.63) is 47.2 Å². The molecule has 0 amide bonds. The molecular weight excluding hydrogens is 236 g/mol. The van der Waals surface area contributed by atoms with E-state index in [0.717, 1.165) is 16.7 Å². The molecule has 0 spiro atoms. The standard InChI is InChI=1S/C13H9ClN2O/c1-8-4-5-11-10(7-8)16-13(17-11)9-3-2-6-15-12(9)14/h2-7H,1H3. The Bertz CT molecular complexity index is 691. The van der Waals surface area contributed by atoms with Gasteiger partial charge in [-0.15, -0.1) is 0 Å². The van der Waals surface area contributed by atoms with Gasteiger partial charge in [-0.3, -0.25) is 0 Å². The SMILES string of the molecule is Cc1ccc2oc(-c3cccnc3Cl)nc2c1. The van der Waals surface area contributed by atoms with Crippen molar-refractivity contribution in [2.75, 3.05) is 0 Å². The molecular formula is C13H9ClN2O. The van der Waals surface area contributed by atoms with E-state index >= 15 is 0 Å². The lowest BCUT2D eigenvalue weighted by Gasteiger charge is -1.95. The van der Waals surface area contributed by atoms with Crippen LogP contribution in [0.1, 0.15) is 5.56 Å². The maximum absolute atomic E-state index is 6.01. The largest absolute Gasteiger partial charge is 0.436 e. The molecule has 0 aliphatic rings. The Morgan fingerprint density at radius 3 is 2.94 bits per heavy atom. The highest BCUT2D eigenvalue weighted by Gasteiger charge is 2.11. The second-order valence-corrected chi connectivity index (χ2v) is 4.19. The lowest BCUT2D eigenvalue weighted by Crippen LogP contribution is -1.81. The minimum absolute atomic E-state index is 0.399. The van der Waals surface area contributed by atoms with Gasteiger partial charge in [-0.05, 0) is 36.8 Å². The van der Waals surface area contributed by atoms with E-state index in [1.165, 1.54) is 0 Å². The Labute approximate surface area is 103 Å². The number of halogens is 1. The predicted octanol–water partition coefficient (Wildman–Crippen LogP) is 3.85. The van der Waals surface area contributed by atoms with Crippen molar-refractivity contribution in [2.24, 2.45) is 0 Å². The fourth-order valence-electron chi connectivity index (χ4n) is 1.70. The monoisotopic (exact) mass is 244 g/mol. The first-order valence-electron chi connectivity index (χ1n) is 5.22. The molecule has 3 aromatic rings. The van der Waals surface area contributed by atoms with E-state index in [0.29, 0.717) is 16.6 Å². The Hall–Kier alpha value is -1.87. The van der Waals surface area contributed by atoms with Crippen LogP contribution >= 0.6 is 11.6 Å². The summed E-state index contributed by atoms with van der Waals surface area (Å²) in [6.45, 7) is 2.02. The highest BCUT2D eigenvalue weighted by Crippen LogP contribution is 2.28. The molecule has 3 nitrogen and oxygen atoms in total. The van der Waals surface area contributed by atoms with Crippen LogP contribution in [0, 0.1) is 6.92 Å². The molecule has 84 valence electrons. The summed E-state index contributed by atoms with van der Waals surface area (Å²) in [5.74, 6) is 0.503. The Morgan fingerprint density at radius 1 is 1.24 bits per heavy atom. The molecule has 0 aliphatic heterocycles. The van der Waals surface area contributed by atoms with E-state index < -0.39 is 0 Å². The molecule has 0 aliphatic carbocycles. The van der Waals surface area contributed by atoms with Gasteiger partial charge >= 0.3 is 0 Å². The Morgan fingerprint density at radius 2 is 2.12 bits per heavy atom. The Balaban J connectivity index is 2.22. The second kappa shape index (κ2) is 3.86. The number of hydrogen-bond donors (Lipinski definition) is 0. The van der Waals surface area contributed by atoms with E-state index in [2.05, 4.69) is 9.97 Å².